The molecule has 0 aromatic heterocycles. The van der Waals surface area contributed by atoms with Gasteiger partial charge in [-0.3, -0.25) is 9.59 Å². The normalized spacial score (nSPS) is 23.0. The molecule has 2 unspecified atom stereocenters. The molecule has 1 heterocycles. The van der Waals surface area contributed by atoms with Crippen molar-refractivity contribution in [2.24, 2.45) is 5.92 Å². The lowest BCUT2D eigenvalue weighted by Crippen LogP contribution is -2.50. The topological polar surface area (TPSA) is 49.4 Å². The first-order valence-electron chi connectivity index (χ1n) is 9.37. The summed E-state index contributed by atoms with van der Waals surface area (Å²) in [6.45, 7) is 2.90. The number of thioether (sulfide) groups is 1. The Kier molecular flexibility index (Phi) is 6.40. The van der Waals surface area contributed by atoms with Crippen LogP contribution in [0.1, 0.15) is 44.1 Å². The van der Waals surface area contributed by atoms with Crippen LogP contribution in [0.5, 0.6) is 0 Å². The summed E-state index contributed by atoms with van der Waals surface area (Å²) in [6.07, 6.45) is 7.41. The van der Waals surface area contributed by atoms with Crippen molar-refractivity contribution < 1.29 is 9.59 Å². The highest BCUT2D eigenvalue weighted by atomic mass is 32.2. The number of amides is 2. The molecule has 1 aromatic rings. The van der Waals surface area contributed by atoms with Crippen LogP contribution in [0.15, 0.2) is 24.3 Å². The van der Waals surface area contributed by atoms with Gasteiger partial charge in [-0.15, -0.1) is 11.8 Å². The van der Waals surface area contributed by atoms with Gasteiger partial charge in [-0.2, -0.15) is 0 Å². The predicted molar refractivity (Wildman–Crippen MR) is 104 cm³/mol. The Bertz CT molecular complexity index is 617. The number of fused-ring (bicyclic) bond motifs is 1. The van der Waals surface area contributed by atoms with E-state index in [0.29, 0.717) is 23.5 Å². The maximum Gasteiger partial charge on any atom is 0.234 e. The fourth-order valence-corrected chi connectivity index (χ4v) is 4.87. The fourth-order valence-electron chi connectivity index (χ4n) is 4.17. The van der Waals surface area contributed by atoms with Crippen molar-refractivity contribution in [2.75, 3.05) is 23.4 Å². The summed E-state index contributed by atoms with van der Waals surface area (Å²) in [5, 5.41) is 2.90. The zero-order valence-electron chi connectivity index (χ0n) is 15.0. The summed E-state index contributed by atoms with van der Waals surface area (Å²) in [5.41, 5.74) is 1.94. The largest absolute Gasteiger partial charge is 0.339 e. The van der Waals surface area contributed by atoms with Crippen LogP contribution >= 0.6 is 11.8 Å². The summed E-state index contributed by atoms with van der Waals surface area (Å²) in [5.74, 6) is 1.61. The van der Waals surface area contributed by atoms with E-state index in [2.05, 4.69) is 10.2 Å². The van der Waals surface area contributed by atoms with Gasteiger partial charge in [0.15, 0.2) is 0 Å². The number of likely N-dealkylation sites (tertiary alicyclic amines) is 1. The molecule has 4 nitrogen and oxygen atoms in total. The van der Waals surface area contributed by atoms with Crippen LogP contribution in [0.3, 0.4) is 0 Å². The average Bonchev–Trinajstić information content (AvgIpc) is 2.61. The monoisotopic (exact) mass is 360 g/mol. The molecule has 1 aliphatic carbocycles. The van der Waals surface area contributed by atoms with Crippen LogP contribution in [0, 0.1) is 12.8 Å². The van der Waals surface area contributed by atoms with Gasteiger partial charge in [0.2, 0.25) is 11.8 Å². The molecule has 1 saturated carbocycles. The Morgan fingerprint density at radius 3 is 2.80 bits per heavy atom. The van der Waals surface area contributed by atoms with Crippen molar-refractivity contribution >= 4 is 29.3 Å². The summed E-state index contributed by atoms with van der Waals surface area (Å²) >= 11 is 1.42. The Hall–Kier alpha value is -1.49. The second-order valence-corrected chi connectivity index (χ2v) is 8.24. The molecule has 136 valence electrons. The summed E-state index contributed by atoms with van der Waals surface area (Å²) in [6, 6.07) is 8.22. The third kappa shape index (κ3) is 5.00. The van der Waals surface area contributed by atoms with Crippen LogP contribution in [0.25, 0.3) is 0 Å². The summed E-state index contributed by atoms with van der Waals surface area (Å²) in [4.78, 5) is 26.8. The maximum absolute atomic E-state index is 12.6. The number of hydrogen-bond acceptors (Lipinski definition) is 3. The van der Waals surface area contributed by atoms with Crippen molar-refractivity contribution in [2.45, 2.75) is 51.5 Å². The van der Waals surface area contributed by atoms with Crippen LogP contribution in [-0.4, -0.2) is 40.8 Å². The Balaban J connectivity index is 1.43. The summed E-state index contributed by atoms with van der Waals surface area (Å²) in [7, 11) is 0. The molecule has 0 radical (unpaired) electrons. The molecular weight excluding hydrogens is 332 g/mol. The molecular formula is C20H28N2O2S. The van der Waals surface area contributed by atoms with Gasteiger partial charge in [0.05, 0.1) is 11.5 Å². The third-order valence-corrected chi connectivity index (χ3v) is 6.24. The maximum atomic E-state index is 12.6. The number of benzene rings is 1. The second-order valence-electron chi connectivity index (χ2n) is 7.25. The highest BCUT2D eigenvalue weighted by Crippen LogP contribution is 2.35. The van der Waals surface area contributed by atoms with Gasteiger partial charge in [0, 0.05) is 18.3 Å². The van der Waals surface area contributed by atoms with E-state index in [1.54, 1.807) is 0 Å². The van der Waals surface area contributed by atoms with E-state index in [0.717, 1.165) is 30.6 Å². The van der Waals surface area contributed by atoms with Crippen LogP contribution in [-0.2, 0) is 9.59 Å². The number of aryl methyl sites for hydroxylation is 1. The Labute approximate surface area is 154 Å². The molecule has 5 heteroatoms. The zero-order valence-corrected chi connectivity index (χ0v) is 15.8. The molecule has 1 saturated heterocycles. The van der Waals surface area contributed by atoms with Gasteiger partial charge in [-0.1, -0.05) is 25.0 Å². The van der Waals surface area contributed by atoms with E-state index in [-0.39, 0.29) is 11.8 Å². The lowest BCUT2D eigenvalue weighted by atomic mass is 9.78. The minimum absolute atomic E-state index is 0.0439. The van der Waals surface area contributed by atoms with Gasteiger partial charge in [-0.25, -0.2) is 0 Å². The smallest absolute Gasteiger partial charge is 0.234 e. The number of nitrogens with one attached hydrogen (secondary N) is 1. The molecule has 3 rings (SSSR count). The van der Waals surface area contributed by atoms with Crippen molar-refractivity contribution in [3.8, 4) is 0 Å². The zero-order chi connectivity index (χ0) is 17.6. The number of carbonyl (C=O) groups is 2. The average molecular weight is 361 g/mol. The molecule has 25 heavy (non-hydrogen) atoms. The number of anilines is 1. The molecule has 2 aliphatic rings. The van der Waals surface area contributed by atoms with Crippen LogP contribution in [0.2, 0.25) is 0 Å². The first-order chi connectivity index (χ1) is 12.1. The van der Waals surface area contributed by atoms with E-state index in [1.807, 2.05) is 31.2 Å². The van der Waals surface area contributed by atoms with Crippen LogP contribution in [0.4, 0.5) is 5.69 Å². The number of piperidine rings is 1. The molecule has 0 spiro atoms. The van der Waals surface area contributed by atoms with Crippen molar-refractivity contribution in [3.63, 3.8) is 0 Å². The summed E-state index contributed by atoms with van der Waals surface area (Å²) < 4.78 is 0. The SMILES string of the molecule is Cc1cccc(NC(=O)CSCC(=O)N2CCCC3CCCCC32)c1. The van der Waals surface area contributed by atoms with Gasteiger partial charge in [0.1, 0.15) is 0 Å². The third-order valence-electron chi connectivity index (χ3n) is 5.32. The van der Waals surface area contributed by atoms with E-state index < -0.39 is 0 Å². The van der Waals surface area contributed by atoms with Crippen molar-refractivity contribution in [3.05, 3.63) is 29.8 Å². The van der Waals surface area contributed by atoms with E-state index >= 15 is 0 Å². The Morgan fingerprint density at radius 2 is 1.96 bits per heavy atom. The highest BCUT2D eigenvalue weighted by molar-refractivity contribution is 8.00. The second kappa shape index (κ2) is 8.75. The number of carbonyl (C=O) groups excluding carboxylic acids is 2. The standard InChI is InChI=1S/C20H28N2O2S/c1-15-6-4-9-17(12-15)21-19(23)13-25-14-20(24)22-11-5-8-16-7-2-3-10-18(16)22/h4,6,9,12,16,18H,2-3,5,7-8,10-11,13-14H2,1H3,(H,21,23). The van der Waals surface area contributed by atoms with Gasteiger partial charge >= 0.3 is 0 Å². The Morgan fingerprint density at radius 1 is 1.16 bits per heavy atom. The molecule has 1 aliphatic heterocycles. The van der Waals surface area contributed by atoms with E-state index in [9.17, 15) is 9.59 Å². The van der Waals surface area contributed by atoms with E-state index in [4.69, 9.17) is 0 Å². The molecule has 2 amide bonds. The van der Waals surface area contributed by atoms with Gasteiger partial charge in [-0.05, 0) is 56.2 Å². The van der Waals surface area contributed by atoms with Crippen molar-refractivity contribution in [1.82, 2.24) is 4.90 Å². The lowest BCUT2D eigenvalue weighted by Gasteiger charge is -2.44. The molecule has 2 atom stereocenters. The van der Waals surface area contributed by atoms with Gasteiger partial charge < -0.3 is 10.2 Å². The van der Waals surface area contributed by atoms with Crippen molar-refractivity contribution in [1.29, 1.82) is 0 Å². The predicted octanol–water partition coefficient (Wildman–Crippen LogP) is 3.85. The van der Waals surface area contributed by atoms with Crippen LogP contribution < -0.4 is 5.32 Å². The fraction of sp³-hybridized carbons (Fsp3) is 0.600. The molecule has 1 N–H and O–H groups in total. The highest BCUT2D eigenvalue weighted by Gasteiger charge is 2.35. The number of rotatable bonds is 5. The number of hydrogen-bond donors (Lipinski definition) is 1. The first kappa shape index (κ1) is 18.3. The lowest BCUT2D eigenvalue weighted by molar-refractivity contribution is -0.134. The van der Waals surface area contributed by atoms with E-state index in [1.165, 1.54) is 37.4 Å². The molecule has 0 bridgehead atoms. The first-order valence-corrected chi connectivity index (χ1v) is 10.5. The molecule has 2 fully saturated rings. The number of nitrogens with zero attached hydrogens (tertiary/aromatic N) is 1. The molecule has 1 aromatic carbocycles. The minimum atomic E-state index is -0.0439. The minimum Gasteiger partial charge on any atom is -0.339 e. The van der Waals surface area contributed by atoms with Gasteiger partial charge in [0.25, 0.3) is 0 Å². The quantitative estimate of drug-likeness (QED) is 0.868.